The van der Waals surface area contributed by atoms with Gasteiger partial charge in [0.15, 0.2) is 5.76 Å². The summed E-state index contributed by atoms with van der Waals surface area (Å²) >= 11 is 7.22. The average molecular weight is 566 g/mol. The SMILES string of the molecule is COC1=C(OCCNCC(O)COc2ccc3[nH]c4ccc(Br)cc4c3c2Br)C=CCC1. The number of hydrogen-bond donors (Lipinski definition) is 3. The zero-order valence-corrected chi connectivity index (χ0v) is 21.0. The molecule has 3 N–H and O–H groups in total. The van der Waals surface area contributed by atoms with Crippen molar-refractivity contribution in [2.24, 2.45) is 0 Å². The third-order valence-corrected chi connectivity index (χ3v) is 6.58. The largest absolute Gasteiger partial charge is 0.497 e. The van der Waals surface area contributed by atoms with E-state index in [9.17, 15) is 5.11 Å². The number of halogens is 2. The first-order valence-electron chi connectivity index (χ1n) is 10.5. The molecule has 0 amide bonds. The number of fused-ring (bicyclic) bond motifs is 3. The first-order valence-corrected chi connectivity index (χ1v) is 12.1. The third-order valence-electron chi connectivity index (χ3n) is 5.30. The van der Waals surface area contributed by atoms with E-state index in [0.29, 0.717) is 25.4 Å². The third kappa shape index (κ3) is 5.31. The highest BCUT2D eigenvalue weighted by Gasteiger charge is 2.14. The summed E-state index contributed by atoms with van der Waals surface area (Å²) in [6.45, 7) is 1.71. The van der Waals surface area contributed by atoms with E-state index in [1.54, 1.807) is 7.11 Å². The van der Waals surface area contributed by atoms with Crippen LogP contribution in [-0.4, -0.2) is 49.6 Å². The number of aromatic nitrogens is 1. The molecule has 1 aliphatic rings. The zero-order chi connectivity index (χ0) is 22.5. The summed E-state index contributed by atoms with van der Waals surface area (Å²) in [4.78, 5) is 3.42. The number of benzene rings is 2. The Morgan fingerprint density at radius 1 is 1.16 bits per heavy atom. The van der Waals surface area contributed by atoms with Gasteiger partial charge in [-0.1, -0.05) is 22.0 Å². The molecule has 0 saturated carbocycles. The highest BCUT2D eigenvalue weighted by Crippen LogP contribution is 2.38. The smallest absolute Gasteiger partial charge is 0.156 e. The summed E-state index contributed by atoms with van der Waals surface area (Å²) in [5, 5.41) is 15.7. The van der Waals surface area contributed by atoms with Crippen LogP contribution in [0.15, 0.2) is 62.9 Å². The summed E-state index contributed by atoms with van der Waals surface area (Å²) in [6.07, 6.45) is 5.23. The molecule has 0 saturated heterocycles. The molecule has 1 aliphatic carbocycles. The first-order chi connectivity index (χ1) is 15.6. The van der Waals surface area contributed by atoms with E-state index in [0.717, 1.165) is 55.1 Å². The van der Waals surface area contributed by atoms with Crippen molar-refractivity contribution in [3.63, 3.8) is 0 Å². The van der Waals surface area contributed by atoms with E-state index in [1.807, 2.05) is 30.3 Å². The van der Waals surface area contributed by atoms with Gasteiger partial charge in [-0.25, -0.2) is 0 Å². The molecule has 1 heterocycles. The number of methoxy groups -OCH3 is 1. The van der Waals surface area contributed by atoms with Crippen molar-refractivity contribution in [2.75, 3.05) is 33.4 Å². The van der Waals surface area contributed by atoms with Gasteiger partial charge >= 0.3 is 0 Å². The molecule has 0 spiro atoms. The number of aliphatic hydroxyl groups is 1. The molecule has 6 nitrogen and oxygen atoms in total. The van der Waals surface area contributed by atoms with Crippen molar-refractivity contribution in [3.05, 3.63) is 62.9 Å². The van der Waals surface area contributed by atoms with Crippen LogP contribution in [0.25, 0.3) is 21.8 Å². The van der Waals surface area contributed by atoms with Crippen LogP contribution in [0.3, 0.4) is 0 Å². The number of ether oxygens (including phenoxy) is 3. The predicted octanol–water partition coefficient (Wildman–Crippen LogP) is 5.40. The summed E-state index contributed by atoms with van der Waals surface area (Å²) in [7, 11) is 1.67. The Kier molecular flexibility index (Phi) is 7.78. The second kappa shape index (κ2) is 10.7. The molecule has 1 unspecified atom stereocenters. The standard InChI is InChI=1S/C24H26Br2N2O4/c1-30-20-4-2-3-5-21(20)31-11-10-27-13-16(29)14-32-22-9-8-19-23(24(22)26)17-12-15(25)6-7-18(17)28-19/h3,5-9,12,16,27-29H,2,4,10-11,13-14H2,1H3. The fourth-order valence-corrected chi connectivity index (χ4v) is 4.75. The molecule has 32 heavy (non-hydrogen) atoms. The van der Waals surface area contributed by atoms with Crippen LogP contribution in [0, 0.1) is 0 Å². The molecule has 1 atom stereocenters. The summed E-state index contributed by atoms with van der Waals surface area (Å²) in [5.41, 5.74) is 2.09. The Morgan fingerprint density at radius 3 is 2.84 bits per heavy atom. The molecule has 0 bridgehead atoms. The van der Waals surface area contributed by atoms with Gasteiger partial charge in [0.25, 0.3) is 0 Å². The first kappa shape index (κ1) is 23.2. The fraction of sp³-hybridized carbons (Fsp3) is 0.333. The maximum atomic E-state index is 10.3. The number of aromatic amines is 1. The summed E-state index contributed by atoms with van der Waals surface area (Å²) in [6, 6.07) is 10.0. The van der Waals surface area contributed by atoms with Gasteiger partial charge < -0.3 is 29.6 Å². The van der Waals surface area contributed by atoms with Crippen molar-refractivity contribution in [3.8, 4) is 5.75 Å². The molecule has 0 fully saturated rings. The van der Waals surface area contributed by atoms with Crippen LogP contribution >= 0.6 is 31.9 Å². The van der Waals surface area contributed by atoms with Gasteiger partial charge in [0.1, 0.15) is 30.8 Å². The van der Waals surface area contributed by atoms with Crippen molar-refractivity contribution in [2.45, 2.75) is 18.9 Å². The van der Waals surface area contributed by atoms with Gasteiger partial charge in [-0.05, 0) is 58.8 Å². The number of hydrogen-bond acceptors (Lipinski definition) is 5. The number of H-pyrrole nitrogens is 1. The Morgan fingerprint density at radius 2 is 2.00 bits per heavy atom. The van der Waals surface area contributed by atoms with Gasteiger partial charge in [-0.2, -0.15) is 0 Å². The molecular weight excluding hydrogens is 540 g/mol. The Hall–Kier alpha value is -2.00. The lowest BCUT2D eigenvalue weighted by Crippen LogP contribution is -2.33. The minimum absolute atomic E-state index is 0.186. The lowest BCUT2D eigenvalue weighted by Gasteiger charge is -2.17. The molecular formula is C24H26Br2N2O4. The molecule has 0 aliphatic heterocycles. The van der Waals surface area contributed by atoms with Crippen molar-refractivity contribution in [1.29, 1.82) is 0 Å². The zero-order valence-electron chi connectivity index (χ0n) is 17.8. The maximum absolute atomic E-state index is 10.3. The van der Waals surface area contributed by atoms with Crippen molar-refractivity contribution >= 4 is 53.7 Å². The van der Waals surface area contributed by atoms with Crippen molar-refractivity contribution in [1.82, 2.24) is 10.3 Å². The van der Waals surface area contributed by atoms with Crippen LogP contribution in [0.2, 0.25) is 0 Å². The quantitative estimate of drug-likeness (QED) is 0.287. The minimum atomic E-state index is -0.641. The summed E-state index contributed by atoms with van der Waals surface area (Å²) < 4.78 is 18.9. The maximum Gasteiger partial charge on any atom is 0.156 e. The minimum Gasteiger partial charge on any atom is -0.497 e. The van der Waals surface area contributed by atoms with E-state index >= 15 is 0 Å². The molecule has 4 rings (SSSR count). The highest BCUT2D eigenvalue weighted by molar-refractivity contribution is 9.11. The van der Waals surface area contributed by atoms with Gasteiger partial charge in [-0.15, -0.1) is 0 Å². The van der Waals surface area contributed by atoms with Crippen molar-refractivity contribution < 1.29 is 19.3 Å². The Bertz CT molecular complexity index is 1160. The van der Waals surface area contributed by atoms with E-state index in [1.165, 1.54) is 0 Å². The molecule has 8 heteroatoms. The summed E-state index contributed by atoms with van der Waals surface area (Å²) in [5.74, 6) is 2.36. The van der Waals surface area contributed by atoms with E-state index < -0.39 is 6.10 Å². The van der Waals surface area contributed by atoms with Gasteiger partial charge in [-0.3, -0.25) is 0 Å². The topological polar surface area (TPSA) is 75.7 Å². The van der Waals surface area contributed by atoms with E-state index in [4.69, 9.17) is 14.2 Å². The predicted molar refractivity (Wildman–Crippen MR) is 134 cm³/mol. The molecule has 0 radical (unpaired) electrons. The lowest BCUT2D eigenvalue weighted by atomic mass is 10.1. The molecule has 1 aromatic heterocycles. The number of allylic oxidation sites excluding steroid dienone is 3. The fourth-order valence-electron chi connectivity index (χ4n) is 3.71. The van der Waals surface area contributed by atoms with Crippen LogP contribution in [-0.2, 0) is 9.47 Å². The second-order valence-electron chi connectivity index (χ2n) is 7.57. The Balaban J connectivity index is 1.27. The van der Waals surface area contributed by atoms with E-state index in [-0.39, 0.29) is 6.61 Å². The van der Waals surface area contributed by atoms with Crippen LogP contribution in [0.5, 0.6) is 5.75 Å². The van der Waals surface area contributed by atoms with Gasteiger partial charge in [0.05, 0.1) is 11.6 Å². The number of nitrogens with one attached hydrogen (secondary N) is 2. The van der Waals surface area contributed by atoms with Crippen LogP contribution in [0.1, 0.15) is 12.8 Å². The van der Waals surface area contributed by atoms with Crippen LogP contribution in [0.4, 0.5) is 0 Å². The lowest BCUT2D eigenvalue weighted by molar-refractivity contribution is 0.103. The molecule has 3 aromatic rings. The second-order valence-corrected chi connectivity index (χ2v) is 9.27. The number of rotatable bonds is 10. The molecule has 2 aromatic carbocycles. The highest BCUT2D eigenvalue weighted by atomic mass is 79.9. The van der Waals surface area contributed by atoms with E-state index in [2.05, 4.69) is 54.3 Å². The van der Waals surface area contributed by atoms with Gasteiger partial charge in [0, 0.05) is 45.8 Å². The number of aliphatic hydroxyl groups excluding tert-OH is 1. The molecule has 170 valence electrons. The normalized spacial score (nSPS) is 14.9. The monoisotopic (exact) mass is 564 g/mol. The van der Waals surface area contributed by atoms with Gasteiger partial charge in [0.2, 0.25) is 0 Å². The Labute approximate surface area is 203 Å². The average Bonchev–Trinajstić information content (AvgIpc) is 3.17. The van der Waals surface area contributed by atoms with Crippen LogP contribution < -0.4 is 10.1 Å².